The van der Waals surface area contributed by atoms with Gasteiger partial charge in [0.15, 0.2) is 0 Å². The van der Waals surface area contributed by atoms with E-state index in [1.807, 2.05) is 0 Å². The maximum atomic E-state index is 13.4. The van der Waals surface area contributed by atoms with E-state index in [9.17, 15) is 26.3 Å². The summed E-state index contributed by atoms with van der Waals surface area (Å²) in [6, 6.07) is 3.05. The smallest absolute Gasteiger partial charge is 0.398 e. The molecule has 2 aromatic carbocycles. The molecule has 0 aromatic heterocycles. The maximum Gasteiger partial charge on any atom is 0.417 e. The van der Waals surface area contributed by atoms with Crippen molar-refractivity contribution in [3.63, 3.8) is 0 Å². The van der Waals surface area contributed by atoms with Crippen LogP contribution in [0.1, 0.15) is 22.3 Å². The highest BCUT2D eigenvalue weighted by molar-refractivity contribution is 5.82. The van der Waals surface area contributed by atoms with Crippen LogP contribution in [0.2, 0.25) is 0 Å². The molecule has 0 atom stereocenters. The van der Waals surface area contributed by atoms with E-state index >= 15 is 0 Å². The molecule has 0 amide bonds. The summed E-state index contributed by atoms with van der Waals surface area (Å²) in [7, 11) is 0. The van der Waals surface area contributed by atoms with E-state index in [0.717, 1.165) is 24.3 Å². The van der Waals surface area contributed by atoms with Gasteiger partial charge in [0.2, 0.25) is 0 Å². The Bertz CT molecular complexity index is 805. The van der Waals surface area contributed by atoms with Gasteiger partial charge in [0, 0.05) is 11.4 Å². The monoisotopic (exact) mass is 372 g/mol. The largest absolute Gasteiger partial charge is 0.417 e. The number of benzene rings is 2. The third-order valence-corrected chi connectivity index (χ3v) is 3.79. The average Bonchev–Trinajstić information content (AvgIpc) is 2.52. The minimum absolute atomic E-state index is 0.0816. The lowest BCUT2D eigenvalue weighted by Crippen LogP contribution is -2.13. The van der Waals surface area contributed by atoms with Crippen molar-refractivity contribution >= 4 is 23.5 Å². The number of alkyl halides is 6. The van der Waals surface area contributed by atoms with Crippen molar-refractivity contribution in [3.05, 3.63) is 59.7 Å². The highest BCUT2D eigenvalue weighted by Gasteiger charge is 2.39. The first kappa shape index (κ1) is 19.4. The van der Waals surface area contributed by atoms with Crippen LogP contribution in [-0.4, -0.2) is 0 Å². The molecule has 138 valence electrons. The van der Waals surface area contributed by atoms with Crippen LogP contribution in [0.15, 0.2) is 37.4 Å². The molecule has 0 spiro atoms. The molecule has 0 fully saturated rings. The molecule has 2 rings (SSSR count). The molecule has 2 nitrogen and oxygen atoms in total. The number of halogens is 6. The summed E-state index contributed by atoms with van der Waals surface area (Å²) in [6.07, 6.45) is -7.50. The van der Waals surface area contributed by atoms with Crippen LogP contribution in [0.3, 0.4) is 0 Å². The lowest BCUT2D eigenvalue weighted by atomic mass is 9.90. The summed E-state index contributed by atoms with van der Waals surface area (Å²) in [5, 5.41) is 0. The zero-order chi connectivity index (χ0) is 19.9. The van der Waals surface area contributed by atoms with Crippen molar-refractivity contribution in [3.8, 4) is 11.1 Å². The van der Waals surface area contributed by atoms with Crippen LogP contribution in [0, 0.1) is 0 Å². The van der Waals surface area contributed by atoms with Gasteiger partial charge in [-0.15, -0.1) is 0 Å². The fraction of sp³-hybridized carbons (Fsp3) is 0.111. The van der Waals surface area contributed by atoms with Crippen LogP contribution >= 0.6 is 0 Å². The number of rotatable bonds is 3. The first-order chi connectivity index (χ1) is 11.9. The summed E-state index contributed by atoms with van der Waals surface area (Å²) in [5.74, 6) is 0. The predicted octanol–water partition coefficient (Wildman–Crippen LogP) is 5.84. The predicted molar refractivity (Wildman–Crippen MR) is 90.9 cm³/mol. The Morgan fingerprint density at radius 1 is 0.654 bits per heavy atom. The van der Waals surface area contributed by atoms with Gasteiger partial charge < -0.3 is 11.5 Å². The molecule has 0 saturated heterocycles. The van der Waals surface area contributed by atoms with Gasteiger partial charge in [-0.05, 0) is 46.5 Å². The summed E-state index contributed by atoms with van der Waals surface area (Å²) in [4.78, 5) is 0. The lowest BCUT2D eigenvalue weighted by molar-refractivity contribution is -0.139. The molecular weight excluding hydrogens is 358 g/mol. The van der Waals surface area contributed by atoms with Crippen molar-refractivity contribution in [2.24, 2.45) is 0 Å². The second kappa shape index (κ2) is 6.44. The van der Waals surface area contributed by atoms with Gasteiger partial charge in [0.25, 0.3) is 0 Å². The van der Waals surface area contributed by atoms with Gasteiger partial charge in [-0.2, -0.15) is 26.3 Å². The molecule has 26 heavy (non-hydrogen) atoms. The van der Waals surface area contributed by atoms with Crippen LogP contribution in [-0.2, 0) is 12.4 Å². The maximum absolute atomic E-state index is 13.4. The molecule has 0 radical (unpaired) electrons. The van der Waals surface area contributed by atoms with Crippen molar-refractivity contribution in [1.29, 1.82) is 0 Å². The van der Waals surface area contributed by atoms with Gasteiger partial charge in [0.05, 0.1) is 11.1 Å². The van der Waals surface area contributed by atoms with Crippen molar-refractivity contribution in [2.45, 2.75) is 12.4 Å². The SMILES string of the molecule is C=Cc1cc(-c2cc(C=C)c(N)cc2C(F)(F)F)c(C(F)(F)F)cc1N. The number of hydrogen-bond donors (Lipinski definition) is 2. The summed E-state index contributed by atoms with van der Waals surface area (Å²) >= 11 is 0. The van der Waals surface area contributed by atoms with E-state index in [1.54, 1.807) is 0 Å². The van der Waals surface area contributed by atoms with Gasteiger partial charge in [0.1, 0.15) is 0 Å². The molecule has 2 aromatic rings. The molecule has 0 unspecified atom stereocenters. The molecule has 0 aliphatic heterocycles. The van der Waals surface area contributed by atoms with Crippen LogP contribution in [0.5, 0.6) is 0 Å². The van der Waals surface area contributed by atoms with E-state index in [4.69, 9.17) is 11.5 Å². The minimum atomic E-state index is -4.91. The molecule has 8 heteroatoms. The standard InChI is InChI=1S/C18H14F6N2/c1-3-9-5-11(13(7-15(9)25)17(19,20)21)12-6-10(4-2)16(26)8-14(12)18(22,23)24/h3-8H,1-2,25-26H2. The third-order valence-electron chi connectivity index (χ3n) is 3.79. The van der Waals surface area contributed by atoms with Crippen LogP contribution < -0.4 is 11.5 Å². The Kier molecular flexibility index (Phi) is 4.81. The van der Waals surface area contributed by atoms with E-state index in [-0.39, 0.29) is 22.5 Å². The topological polar surface area (TPSA) is 52.0 Å². The molecular formula is C18H14F6N2. The Labute approximate surface area is 145 Å². The Hall–Kier alpha value is -2.90. The summed E-state index contributed by atoms with van der Waals surface area (Å²) in [5.41, 5.74) is 6.86. The number of anilines is 2. The minimum Gasteiger partial charge on any atom is -0.398 e. The zero-order valence-electron chi connectivity index (χ0n) is 13.3. The Balaban J connectivity index is 2.99. The van der Waals surface area contributed by atoms with E-state index in [0.29, 0.717) is 12.1 Å². The normalized spacial score (nSPS) is 12.1. The Morgan fingerprint density at radius 2 is 0.962 bits per heavy atom. The Morgan fingerprint density at radius 3 is 1.19 bits per heavy atom. The van der Waals surface area contributed by atoms with Crippen molar-refractivity contribution in [2.75, 3.05) is 11.5 Å². The molecule has 0 aliphatic carbocycles. The fourth-order valence-electron chi connectivity index (χ4n) is 2.53. The van der Waals surface area contributed by atoms with E-state index in [1.165, 1.54) is 0 Å². The second-order valence-electron chi connectivity index (χ2n) is 5.46. The third kappa shape index (κ3) is 3.54. The highest BCUT2D eigenvalue weighted by atomic mass is 19.4. The molecule has 4 N–H and O–H groups in total. The zero-order valence-corrected chi connectivity index (χ0v) is 13.3. The van der Waals surface area contributed by atoms with Gasteiger partial charge >= 0.3 is 12.4 Å². The number of nitrogens with two attached hydrogens (primary N) is 2. The molecule has 0 heterocycles. The lowest BCUT2D eigenvalue weighted by Gasteiger charge is -2.20. The highest BCUT2D eigenvalue weighted by Crippen LogP contribution is 2.45. The molecule has 0 bridgehead atoms. The average molecular weight is 372 g/mol. The van der Waals surface area contributed by atoms with Crippen LogP contribution in [0.25, 0.3) is 23.3 Å². The summed E-state index contributed by atoms with van der Waals surface area (Å²) < 4.78 is 80.6. The number of nitrogen functional groups attached to an aromatic ring is 2. The summed E-state index contributed by atoms with van der Waals surface area (Å²) in [6.45, 7) is 6.84. The second-order valence-corrected chi connectivity index (χ2v) is 5.46. The first-order valence-corrected chi connectivity index (χ1v) is 7.16. The fourth-order valence-corrected chi connectivity index (χ4v) is 2.53. The molecule has 0 saturated carbocycles. The molecule has 0 aliphatic rings. The van der Waals surface area contributed by atoms with Crippen molar-refractivity contribution in [1.82, 2.24) is 0 Å². The van der Waals surface area contributed by atoms with Crippen molar-refractivity contribution < 1.29 is 26.3 Å². The van der Waals surface area contributed by atoms with Gasteiger partial charge in [-0.3, -0.25) is 0 Å². The number of hydrogen-bond acceptors (Lipinski definition) is 2. The quantitative estimate of drug-likeness (QED) is 0.525. The van der Waals surface area contributed by atoms with Crippen LogP contribution in [0.4, 0.5) is 37.7 Å². The van der Waals surface area contributed by atoms with Gasteiger partial charge in [-0.25, -0.2) is 0 Å². The van der Waals surface area contributed by atoms with E-state index < -0.39 is 34.6 Å². The first-order valence-electron chi connectivity index (χ1n) is 7.16. The van der Waals surface area contributed by atoms with E-state index in [2.05, 4.69) is 13.2 Å². The van der Waals surface area contributed by atoms with Gasteiger partial charge in [-0.1, -0.05) is 25.3 Å².